The van der Waals surface area contributed by atoms with E-state index in [4.69, 9.17) is 0 Å². The Labute approximate surface area is 122 Å². The highest BCUT2D eigenvalue weighted by molar-refractivity contribution is 5.93. The van der Waals surface area contributed by atoms with Crippen molar-refractivity contribution in [1.82, 2.24) is 0 Å². The van der Waals surface area contributed by atoms with Crippen LogP contribution in [0.3, 0.4) is 0 Å². The molecule has 0 spiro atoms. The van der Waals surface area contributed by atoms with Gasteiger partial charge in [-0.2, -0.15) is 0 Å². The first-order valence-corrected chi connectivity index (χ1v) is 7.16. The molecule has 0 heterocycles. The second-order valence-electron chi connectivity index (χ2n) is 5.42. The molecule has 0 saturated heterocycles. The van der Waals surface area contributed by atoms with Crippen molar-refractivity contribution in [2.24, 2.45) is 0 Å². The number of carbonyl (C=O) groups is 2. The van der Waals surface area contributed by atoms with Crippen LogP contribution in [0.1, 0.15) is 32.1 Å². The summed E-state index contributed by atoms with van der Waals surface area (Å²) in [5.41, 5.74) is 0.444. The van der Waals surface area contributed by atoms with Crippen molar-refractivity contribution in [2.75, 3.05) is 5.32 Å². The topological polar surface area (TPSA) is 85.8 Å². The van der Waals surface area contributed by atoms with E-state index in [0.717, 1.165) is 25.7 Å². The first-order chi connectivity index (χ1) is 10.0. The maximum absolute atomic E-state index is 12.8. The number of hydrogen-bond donors (Lipinski definition) is 2. The molecule has 1 atom stereocenters. The van der Waals surface area contributed by atoms with Gasteiger partial charge in [0.1, 0.15) is 11.9 Å². The molecule has 1 aromatic carbocycles. The lowest BCUT2D eigenvalue weighted by molar-refractivity contribution is -0.713. The van der Waals surface area contributed by atoms with Gasteiger partial charge in [-0.25, -0.2) is 4.39 Å². The van der Waals surface area contributed by atoms with Gasteiger partial charge in [0.2, 0.25) is 5.91 Å². The molecular weight excluding hydrogens is 275 g/mol. The quantitative estimate of drug-likeness (QED) is 0.760. The number of amides is 1. The van der Waals surface area contributed by atoms with Crippen LogP contribution in [0.4, 0.5) is 10.1 Å². The summed E-state index contributed by atoms with van der Waals surface area (Å²) in [6.07, 6.45) is 3.99. The van der Waals surface area contributed by atoms with Crippen LogP contribution in [0.15, 0.2) is 24.3 Å². The zero-order valence-corrected chi connectivity index (χ0v) is 11.7. The van der Waals surface area contributed by atoms with Gasteiger partial charge < -0.3 is 20.5 Å². The second-order valence-corrected chi connectivity index (χ2v) is 5.42. The normalized spacial score (nSPS) is 16.6. The summed E-state index contributed by atoms with van der Waals surface area (Å²) >= 11 is 0. The Morgan fingerprint density at radius 2 is 1.90 bits per heavy atom. The van der Waals surface area contributed by atoms with Crippen molar-refractivity contribution >= 4 is 17.6 Å². The van der Waals surface area contributed by atoms with E-state index >= 15 is 0 Å². The zero-order valence-electron chi connectivity index (χ0n) is 11.7. The lowest BCUT2D eigenvalue weighted by Gasteiger charge is -2.20. The molecule has 0 aliphatic heterocycles. The molecule has 3 N–H and O–H groups in total. The highest BCUT2D eigenvalue weighted by atomic mass is 19.1. The summed E-state index contributed by atoms with van der Waals surface area (Å²) in [7, 11) is 0. The molecule has 1 aliphatic rings. The van der Waals surface area contributed by atoms with Gasteiger partial charge in [-0.15, -0.1) is 0 Å². The minimum absolute atomic E-state index is 0.157. The number of nitrogens with two attached hydrogens (primary N) is 1. The van der Waals surface area contributed by atoms with Gasteiger partial charge in [0.15, 0.2) is 0 Å². The van der Waals surface area contributed by atoms with Crippen LogP contribution in [0, 0.1) is 5.82 Å². The smallest absolute Gasteiger partial charge is 0.230 e. The summed E-state index contributed by atoms with van der Waals surface area (Å²) in [5, 5.41) is 15.4. The lowest BCUT2D eigenvalue weighted by Crippen LogP contribution is -2.97. The van der Waals surface area contributed by atoms with Gasteiger partial charge in [0.25, 0.3) is 0 Å². The van der Waals surface area contributed by atoms with Crippen molar-refractivity contribution < 1.29 is 24.4 Å². The number of carboxylic acid groups (broad SMARTS) is 1. The van der Waals surface area contributed by atoms with Crippen molar-refractivity contribution in [2.45, 2.75) is 44.2 Å². The first-order valence-electron chi connectivity index (χ1n) is 7.16. The van der Waals surface area contributed by atoms with Crippen LogP contribution in [-0.2, 0) is 9.59 Å². The maximum atomic E-state index is 12.8. The Bertz CT molecular complexity index is 498. The molecule has 1 aliphatic carbocycles. The molecule has 1 saturated carbocycles. The van der Waals surface area contributed by atoms with Crippen molar-refractivity contribution in [1.29, 1.82) is 0 Å². The molecule has 1 amide bonds. The first kappa shape index (κ1) is 15.4. The minimum Gasteiger partial charge on any atom is -0.544 e. The Balaban J connectivity index is 1.88. The summed E-state index contributed by atoms with van der Waals surface area (Å²) in [6, 6.07) is 4.71. The Morgan fingerprint density at radius 1 is 1.29 bits per heavy atom. The van der Waals surface area contributed by atoms with Crippen LogP contribution < -0.4 is 15.7 Å². The molecule has 0 unspecified atom stereocenters. The molecule has 0 radical (unpaired) electrons. The Morgan fingerprint density at radius 3 is 2.48 bits per heavy atom. The minimum atomic E-state index is -1.23. The number of benzene rings is 1. The zero-order chi connectivity index (χ0) is 15.2. The number of hydrogen-bond acceptors (Lipinski definition) is 3. The SMILES string of the molecule is O=C(C[C@H]([NH2+]C1CCCC1)C(=O)[O-])Nc1ccc(F)cc1. The molecule has 114 valence electrons. The molecule has 0 bridgehead atoms. The summed E-state index contributed by atoms with van der Waals surface area (Å²) < 4.78 is 12.8. The molecular formula is C15H19FN2O3. The number of anilines is 1. The van der Waals surface area contributed by atoms with Crippen LogP contribution in [0.5, 0.6) is 0 Å². The number of quaternary nitrogens is 1. The van der Waals surface area contributed by atoms with Crippen LogP contribution in [-0.4, -0.2) is 24.0 Å². The number of carbonyl (C=O) groups excluding carboxylic acids is 2. The number of carboxylic acids is 1. The fourth-order valence-corrected chi connectivity index (χ4v) is 2.65. The summed E-state index contributed by atoms with van der Waals surface area (Å²) in [6.45, 7) is 0. The third-order valence-electron chi connectivity index (χ3n) is 3.74. The van der Waals surface area contributed by atoms with E-state index in [1.54, 1.807) is 5.32 Å². The van der Waals surface area contributed by atoms with Crippen LogP contribution >= 0.6 is 0 Å². The Hall–Kier alpha value is -1.95. The fourth-order valence-electron chi connectivity index (χ4n) is 2.65. The number of rotatable bonds is 6. The molecule has 2 rings (SSSR count). The van der Waals surface area contributed by atoms with Crippen LogP contribution in [0.2, 0.25) is 0 Å². The lowest BCUT2D eigenvalue weighted by atomic mass is 10.1. The Kier molecular flexibility index (Phi) is 5.27. The summed E-state index contributed by atoms with van der Waals surface area (Å²) in [4.78, 5) is 23.0. The highest BCUT2D eigenvalue weighted by Gasteiger charge is 2.25. The molecule has 5 nitrogen and oxygen atoms in total. The van der Waals surface area contributed by atoms with Gasteiger partial charge >= 0.3 is 0 Å². The number of aliphatic carboxylic acids is 1. The average Bonchev–Trinajstić information content (AvgIpc) is 2.93. The average molecular weight is 294 g/mol. The van der Waals surface area contributed by atoms with E-state index < -0.39 is 23.7 Å². The predicted molar refractivity (Wildman–Crippen MR) is 72.6 cm³/mol. The highest BCUT2D eigenvalue weighted by Crippen LogP contribution is 2.15. The third-order valence-corrected chi connectivity index (χ3v) is 3.74. The van der Waals surface area contributed by atoms with Crippen molar-refractivity contribution in [3.05, 3.63) is 30.1 Å². The van der Waals surface area contributed by atoms with E-state index in [0.29, 0.717) is 5.69 Å². The van der Waals surface area contributed by atoms with Gasteiger partial charge in [-0.3, -0.25) is 4.79 Å². The number of halogens is 1. The molecule has 21 heavy (non-hydrogen) atoms. The predicted octanol–water partition coefficient (Wildman–Crippen LogP) is -0.221. The largest absolute Gasteiger partial charge is 0.544 e. The standard InChI is InChI=1S/C15H19FN2O3/c16-10-5-7-12(8-6-10)18-14(19)9-13(15(20)21)17-11-3-1-2-4-11/h5-8,11,13,17H,1-4,9H2,(H,18,19)(H,20,21)/t13-/m0/s1. The van der Waals surface area contributed by atoms with E-state index in [2.05, 4.69) is 5.32 Å². The van der Waals surface area contributed by atoms with Crippen LogP contribution in [0.25, 0.3) is 0 Å². The molecule has 6 heteroatoms. The number of nitrogens with one attached hydrogen (secondary N) is 1. The van der Waals surface area contributed by atoms with Gasteiger partial charge in [0.05, 0.1) is 18.4 Å². The maximum Gasteiger partial charge on any atom is 0.230 e. The van der Waals surface area contributed by atoms with Gasteiger partial charge in [-0.1, -0.05) is 0 Å². The van der Waals surface area contributed by atoms with E-state index in [-0.39, 0.29) is 12.5 Å². The monoisotopic (exact) mass is 294 g/mol. The third kappa shape index (κ3) is 4.82. The second kappa shape index (κ2) is 7.17. The summed E-state index contributed by atoms with van der Waals surface area (Å²) in [5.74, 6) is -2.03. The molecule has 1 aromatic rings. The van der Waals surface area contributed by atoms with E-state index in [1.807, 2.05) is 0 Å². The van der Waals surface area contributed by atoms with E-state index in [1.165, 1.54) is 24.3 Å². The van der Waals surface area contributed by atoms with Gasteiger partial charge in [0, 0.05) is 5.69 Å². The molecule has 0 aromatic heterocycles. The van der Waals surface area contributed by atoms with Gasteiger partial charge in [-0.05, 0) is 49.9 Å². The van der Waals surface area contributed by atoms with Crippen molar-refractivity contribution in [3.8, 4) is 0 Å². The fraction of sp³-hybridized carbons (Fsp3) is 0.467. The van der Waals surface area contributed by atoms with Crippen molar-refractivity contribution in [3.63, 3.8) is 0 Å². The van der Waals surface area contributed by atoms with E-state index in [9.17, 15) is 19.1 Å². The molecule has 1 fully saturated rings.